The van der Waals surface area contributed by atoms with E-state index in [2.05, 4.69) is 15.5 Å². The number of rotatable bonds is 2. The smallest absolute Gasteiger partial charge is 0.182 e. The van der Waals surface area contributed by atoms with E-state index < -0.39 is 0 Å². The largest absolute Gasteiger partial charge is 0.317 e. The van der Waals surface area contributed by atoms with Crippen molar-refractivity contribution in [1.29, 1.82) is 5.26 Å². The topological polar surface area (TPSA) is 66.5 Å². The Morgan fingerprint density at radius 1 is 1.47 bits per heavy atom. The molecule has 0 saturated heterocycles. The van der Waals surface area contributed by atoms with Crippen LogP contribution in [0.5, 0.6) is 0 Å². The Bertz CT molecular complexity index is 356. The highest BCUT2D eigenvalue weighted by molar-refractivity contribution is 5.12. The molecule has 1 aliphatic carbocycles. The Morgan fingerprint density at radius 3 is 2.73 bits per heavy atom. The van der Waals surface area contributed by atoms with E-state index in [0.717, 1.165) is 25.7 Å². The number of hydrogen-bond donors (Lipinski definition) is 1. The summed E-state index contributed by atoms with van der Waals surface area (Å²) in [6.45, 7) is 0. The van der Waals surface area contributed by atoms with Gasteiger partial charge in [0.1, 0.15) is 6.07 Å². The predicted octanol–water partition coefficient (Wildman–Crippen LogP) is 0.853. The minimum absolute atomic E-state index is 0.372. The monoisotopic (exact) mass is 205 g/mol. The van der Waals surface area contributed by atoms with Crippen LogP contribution in [0.1, 0.15) is 37.4 Å². The standard InChI is InChI=1S/C10H15N5/c1-12-8-2-4-10(5-3-8)15-13-7-9(6-11)14-15/h7-8,10,12H,2-5H2,1H3. The molecule has 1 aliphatic rings. The van der Waals surface area contributed by atoms with E-state index in [0.29, 0.717) is 17.8 Å². The van der Waals surface area contributed by atoms with Crippen molar-refractivity contribution in [3.05, 3.63) is 11.9 Å². The van der Waals surface area contributed by atoms with Crippen LogP contribution in [0.4, 0.5) is 0 Å². The summed E-state index contributed by atoms with van der Waals surface area (Å²) in [6.07, 6.45) is 6.02. The molecular weight excluding hydrogens is 190 g/mol. The van der Waals surface area contributed by atoms with Crippen LogP contribution in [-0.4, -0.2) is 28.1 Å². The van der Waals surface area contributed by atoms with Crippen molar-refractivity contribution < 1.29 is 0 Å². The van der Waals surface area contributed by atoms with Crippen molar-refractivity contribution in [3.8, 4) is 6.07 Å². The molecule has 0 atom stereocenters. The average Bonchev–Trinajstić information content (AvgIpc) is 2.78. The third kappa shape index (κ3) is 2.16. The Labute approximate surface area is 89.1 Å². The Hall–Kier alpha value is -1.41. The molecule has 1 aromatic heterocycles. The quantitative estimate of drug-likeness (QED) is 0.777. The molecule has 1 N–H and O–H groups in total. The number of hydrogen-bond acceptors (Lipinski definition) is 4. The van der Waals surface area contributed by atoms with Crippen LogP contribution in [0.25, 0.3) is 0 Å². The van der Waals surface area contributed by atoms with Gasteiger partial charge in [-0.15, -0.1) is 5.10 Å². The van der Waals surface area contributed by atoms with Gasteiger partial charge < -0.3 is 5.32 Å². The van der Waals surface area contributed by atoms with Crippen molar-refractivity contribution in [2.45, 2.75) is 37.8 Å². The van der Waals surface area contributed by atoms with Gasteiger partial charge in [0, 0.05) is 6.04 Å². The molecule has 1 fully saturated rings. The van der Waals surface area contributed by atoms with Gasteiger partial charge in [0.2, 0.25) is 0 Å². The number of aromatic nitrogens is 3. The second-order valence-electron chi connectivity index (χ2n) is 3.96. The third-order valence-corrected chi connectivity index (χ3v) is 3.05. The number of nitrogens with zero attached hydrogens (tertiary/aromatic N) is 4. The minimum Gasteiger partial charge on any atom is -0.317 e. The van der Waals surface area contributed by atoms with Gasteiger partial charge in [-0.3, -0.25) is 0 Å². The molecule has 0 bridgehead atoms. The maximum Gasteiger partial charge on any atom is 0.182 e. The molecular formula is C10H15N5. The normalized spacial score (nSPS) is 26.1. The van der Waals surface area contributed by atoms with Crippen molar-refractivity contribution >= 4 is 0 Å². The molecule has 0 unspecified atom stereocenters. The van der Waals surface area contributed by atoms with Gasteiger partial charge in [-0.2, -0.15) is 15.2 Å². The van der Waals surface area contributed by atoms with Crippen molar-refractivity contribution in [2.24, 2.45) is 0 Å². The third-order valence-electron chi connectivity index (χ3n) is 3.05. The van der Waals surface area contributed by atoms with Gasteiger partial charge in [-0.05, 0) is 32.7 Å². The van der Waals surface area contributed by atoms with Crippen LogP contribution in [0.15, 0.2) is 6.20 Å². The second kappa shape index (κ2) is 4.41. The van der Waals surface area contributed by atoms with Gasteiger partial charge in [0.15, 0.2) is 5.69 Å². The molecule has 5 heteroatoms. The molecule has 80 valence electrons. The fourth-order valence-corrected chi connectivity index (χ4v) is 2.10. The van der Waals surface area contributed by atoms with Gasteiger partial charge in [0.25, 0.3) is 0 Å². The molecule has 0 aliphatic heterocycles. The van der Waals surface area contributed by atoms with Gasteiger partial charge in [-0.1, -0.05) is 0 Å². The average molecular weight is 205 g/mol. The summed E-state index contributed by atoms with van der Waals surface area (Å²) in [4.78, 5) is 1.70. The maximum atomic E-state index is 8.65. The Morgan fingerprint density at radius 2 is 2.20 bits per heavy atom. The summed E-state index contributed by atoms with van der Waals surface area (Å²) in [5.74, 6) is 0. The van der Waals surface area contributed by atoms with E-state index in [9.17, 15) is 0 Å². The minimum atomic E-state index is 0.372. The van der Waals surface area contributed by atoms with Crippen LogP contribution in [-0.2, 0) is 0 Å². The lowest BCUT2D eigenvalue weighted by Gasteiger charge is -2.27. The van der Waals surface area contributed by atoms with Gasteiger partial charge in [-0.25, -0.2) is 0 Å². The first-order chi connectivity index (χ1) is 7.33. The van der Waals surface area contributed by atoms with Crippen LogP contribution in [0.3, 0.4) is 0 Å². The summed E-state index contributed by atoms with van der Waals surface area (Å²) in [5.41, 5.74) is 0.408. The lowest BCUT2D eigenvalue weighted by Crippen LogP contribution is -2.31. The van der Waals surface area contributed by atoms with E-state index in [1.807, 2.05) is 13.1 Å². The molecule has 5 nitrogen and oxygen atoms in total. The highest BCUT2D eigenvalue weighted by Crippen LogP contribution is 2.26. The van der Waals surface area contributed by atoms with E-state index in [4.69, 9.17) is 5.26 Å². The van der Waals surface area contributed by atoms with Gasteiger partial charge in [0.05, 0.1) is 12.2 Å². The molecule has 1 saturated carbocycles. The second-order valence-corrected chi connectivity index (χ2v) is 3.96. The molecule has 1 aromatic rings. The molecule has 15 heavy (non-hydrogen) atoms. The zero-order valence-electron chi connectivity index (χ0n) is 8.85. The highest BCUT2D eigenvalue weighted by atomic mass is 15.5. The molecule has 0 aromatic carbocycles. The highest BCUT2D eigenvalue weighted by Gasteiger charge is 2.22. The van der Waals surface area contributed by atoms with E-state index in [1.165, 1.54) is 6.20 Å². The van der Waals surface area contributed by atoms with Crippen LogP contribution < -0.4 is 5.32 Å². The summed E-state index contributed by atoms with van der Waals surface area (Å²) >= 11 is 0. The molecule has 0 spiro atoms. The lowest BCUT2D eigenvalue weighted by atomic mass is 9.92. The number of nitrogens with one attached hydrogen (secondary N) is 1. The van der Waals surface area contributed by atoms with Crippen molar-refractivity contribution in [3.63, 3.8) is 0 Å². The summed E-state index contributed by atoms with van der Waals surface area (Å²) in [7, 11) is 2.00. The predicted molar refractivity (Wildman–Crippen MR) is 55.1 cm³/mol. The first-order valence-corrected chi connectivity index (χ1v) is 5.32. The zero-order chi connectivity index (χ0) is 10.7. The molecule has 0 amide bonds. The lowest BCUT2D eigenvalue weighted by molar-refractivity contribution is 0.264. The maximum absolute atomic E-state index is 8.65. The van der Waals surface area contributed by atoms with E-state index in [-0.39, 0.29) is 0 Å². The summed E-state index contributed by atoms with van der Waals surface area (Å²) < 4.78 is 0. The summed E-state index contributed by atoms with van der Waals surface area (Å²) in [6, 6.07) is 3.00. The van der Waals surface area contributed by atoms with E-state index in [1.54, 1.807) is 4.80 Å². The SMILES string of the molecule is CNC1CCC(n2ncc(C#N)n2)CC1. The Kier molecular flexibility index (Phi) is 2.97. The summed E-state index contributed by atoms with van der Waals surface area (Å²) in [5, 5.41) is 20.2. The fourth-order valence-electron chi connectivity index (χ4n) is 2.10. The zero-order valence-corrected chi connectivity index (χ0v) is 8.85. The van der Waals surface area contributed by atoms with Crippen molar-refractivity contribution in [1.82, 2.24) is 20.3 Å². The van der Waals surface area contributed by atoms with Gasteiger partial charge >= 0.3 is 0 Å². The first kappa shape index (κ1) is 10.1. The fraction of sp³-hybridized carbons (Fsp3) is 0.700. The van der Waals surface area contributed by atoms with Crippen LogP contribution in [0, 0.1) is 11.3 Å². The molecule has 2 rings (SSSR count). The molecule has 0 radical (unpaired) electrons. The van der Waals surface area contributed by atoms with Crippen LogP contribution >= 0.6 is 0 Å². The van der Waals surface area contributed by atoms with Crippen LogP contribution in [0.2, 0.25) is 0 Å². The van der Waals surface area contributed by atoms with E-state index >= 15 is 0 Å². The number of nitriles is 1. The molecule has 1 heterocycles. The first-order valence-electron chi connectivity index (χ1n) is 5.32. The Balaban J connectivity index is 1.98. The van der Waals surface area contributed by atoms with Crippen molar-refractivity contribution in [2.75, 3.05) is 7.05 Å².